The summed E-state index contributed by atoms with van der Waals surface area (Å²) in [7, 11) is 1.69. The van der Waals surface area contributed by atoms with Gasteiger partial charge in [0.15, 0.2) is 0 Å². The zero-order chi connectivity index (χ0) is 13.5. The van der Waals surface area contributed by atoms with Crippen molar-refractivity contribution in [3.63, 3.8) is 0 Å². The highest BCUT2D eigenvalue weighted by Crippen LogP contribution is 2.17. The molecule has 19 heavy (non-hydrogen) atoms. The van der Waals surface area contributed by atoms with Crippen molar-refractivity contribution in [2.45, 2.75) is 13.0 Å². The van der Waals surface area contributed by atoms with Crippen LogP contribution >= 0.6 is 0 Å². The molecular weight excluding hydrogens is 240 g/mol. The molecule has 100 valence electrons. The van der Waals surface area contributed by atoms with Crippen LogP contribution in [0.25, 0.3) is 0 Å². The van der Waals surface area contributed by atoms with Gasteiger partial charge in [-0.25, -0.2) is 0 Å². The van der Waals surface area contributed by atoms with Gasteiger partial charge in [0.1, 0.15) is 11.5 Å². The summed E-state index contributed by atoms with van der Waals surface area (Å²) in [6.45, 7) is 1.54. The van der Waals surface area contributed by atoms with Crippen LogP contribution in [0.15, 0.2) is 42.6 Å². The highest BCUT2D eigenvalue weighted by atomic mass is 16.5. The third kappa shape index (κ3) is 3.96. The van der Waals surface area contributed by atoms with Crippen LogP contribution in [0.3, 0.4) is 0 Å². The second-order valence-electron chi connectivity index (χ2n) is 4.25. The van der Waals surface area contributed by atoms with Crippen LogP contribution in [0.4, 0.5) is 0 Å². The van der Waals surface area contributed by atoms with Gasteiger partial charge in [-0.15, -0.1) is 0 Å². The largest absolute Gasteiger partial charge is 0.506 e. The third-order valence-electron chi connectivity index (χ3n) is 2.88. The van der Waals surface area contributed by atoms with E-state index in [-0.39, 0.29) is 5.75 Å². The average molecular weight is 258 g/mol. The molecule has 1 aromatic carbocycles. The molecule has 0 amide bonds. The van der Waals surface area contributed by atoms with Gasteiger partial charge in [0.05, 0.1) is 19.0 Å². The van der Waals surface area contributed by atoms with Crippen LogP contribution in [0.1, 0.15) is 11.3 Å². The van der Waals surface area contributed by atoms with Gasteiger partial charge in [0.2, 0.25) is 0 Å². The fraction of sp³-hybridized carbons (Fsp3) is 0.267. The Morgan fingerprint density at radius 3 is 2.79 bits per heavy atom. The summed E-state index contributed by atoms with van der Waals surface area (Å²) in [5.74, 6) is 1.12. The molecule has 0 aliphatic heterocycles. The molecule has 0 radical (unpaired) electrons. The molecular formula is C15H18N2O2. The number of hydrogen-bond acceptors (Lipinski definition) is 4. The van der Waals surface area contributed by atoms with Crippen molar-refractivity contribution in [1.82, 2.24) is 10.3 Å². The smallest absolute Gasteiger partial charge is 0.133 e. The Bertz CT molecular complexity index is 512. The lowest BCUT2D eigenvalue weighted by atomic mass is 10.1. The van der Waals surface area contributed by atoms with Crippen molar-refractivity contribution in [1.29, 1.82) is 0 Å². The van der Waals surface area contributed by atoms with E-state index in [0.29, 0.717) is 6.54 Å². The summed E-state index contributed by atoms with van der Waals surface area (Å²) in [4.78, 5) is 4.12. The highest BCUT2D eigenvalue weighted by Gasteiger charge is 2.01. The molecule has 0 saturated heterocycles. The number of aromatic nitrogens is 1. The van der Waals surface area contributed by atoms with Crippen molar-refractivity contribution in [3.05, 3.63) is 53.9 Å². The third-order valence-corrected chi connectivity index (χ3v) is 2.88. The van der Waals surface area contributed by atoms with E-state index in [2.05, 4.69) is 16.4 Å². The molecule has 0 fully saturated rings. The number of nitrogens with zero attached hydrogens (tertiary/aromatic N) is 1. The van der Waals surface area contributed by atoms with Crippen LogP contribution in [-0.4, -0.2) is 23.7 Å². The van der Waals surface area contributed by atoms with Gasteiger partial charge >= 0.3 is 0 Å². The van der Waals surface area contributed by atoms with Gasteiger partial charge in [-0.1, -0.05) is 18.2 Å². The van der Waals surface area contributed by atoms with Gasteiger partial charge in [-0.05, 0) is 36.7 Å². The summed E-state index contributed by atoms with van der Waals surface area (Å²) >= 11 is 0. The Labute approximate surface area is 113 Å². The molecule has 1 heterocycles. The number of nitrogens with one attached hydrogen (secondary N) is 1. The van der Waals surface area contributed by atoms with Crippen LogP contribution in [-0.2, 0) is 13.0 Å². The first-order chi connectivity index (χ1) is 9.29. The number of benzene rings is 1. The van der Waals surface area contributed by atoms with E-state index in [0.717, 1.165) is 24.4 Å². The van der Waals surface area contributed by atoms with Gasteiger partial charge < -0.3 is 15.2 Å². The maximum atomic E-state index is 9.14. The van der Waals surface area contributed by atoms with E-state index in [4.69, 9.17) is 9.84 Å². The summed E-state index contributed by atoms with van der Waals surface area (Å²) in [6, 6.07) is 11.5. The fourth-order valence-electron chi connectivity index (χ4n) is 1.87. The number of para-hydroxylation sites is 1. The maximum Gasteiger partial charge on any atom is 0.133 e. The number of ether oxygens (including phenoxy) is 1. The summed E-state index contributed by atoms with van der Waals surface area (Å²) in [5, 5.41) is 12.5. The molecule has 4 nitrogen and oxygen atoms in total. The van der Waals surface area contributed by atoms with Crippen molar-refractivity contribution in [2.24, 2.45) is 0 Å². The zero-order valence-corrected chi connectivity index (χ0v) is 11.0. The van der Waals surface area contributed by atoms with Crippen LogP contribution < -0.4 is 10.1 Å². The molecule has 0 bridgehead atoms. The van der Waals surface area contributed by atoms with Crippen molar-refractivity contribution in [2.75, 3.05) is 13.7 Å². The lowest BCUT2D eigenvalue weighted by Gasteiger charge is -2.08. The summed E-state index contributed by atoms with van der Waals surface area (Å²) in [5.41, 5.74) is 2.11. The van der Waals surface area contributed by atoms with Crippen molar-refractivity contribution < 1.29 is 9.84 Å². The van der Waals surface area contributed by atoms with Gasteiger partial charge in [0.25, 0.3) is 0 Å². The fourth-order valence-corrected chi connectivity index (χ4v) is 1.87. The van der Waals surface area contributed by atoms with Gasteiger partial charge in [0, 0.05) is 6.54 Å². The second kappa shape index (κ2) is 6.75. The maximum absolute atomic E-state index is 9.14. The number of methoxy groups -OCH3 is 1. The Hall–Kier alpha value is -2.07. The Balaban J connectivity index is 1.79. The first-order valence-corrected chi connectivity index (χ1v) is 6.26. The summed E-state index contributed by atoms with van der Waals surface area (Å²) in [6.07, 6.45) is 2.36. The zero-order valence-electron chi connectivity index (χ0n) is 11.0. The number of pyridine rings is 1. The molecule has 0 saturated carbocycles. The average Bonchev–Trinajstić information content (AvgIpc) is 2.46. The highest BCUT2D eigenvalue weighted by molar-refractivity contribution is 5.33. The topological polar surface area (TPSA) is 54.4 Å². The first-order valence-electron chi connectivity index (χ1n) is 6.26. The van der Waals surface area contributed by atoms with Gasteiger partial charge in [-0.2, -0.15) is 0 Å². The van der Waals surface area contributed by atoms with E-state index < -0.39 is 0 Å². The Morgan fingerprint density at radius 2 is 2.05 bits per heavy atom. The van der Waals surface area contributed by atoms with E-state index in [1.165, 1.54) is 11.8 Å². The lowest BCUT2D eigenvalue weighted by Crippen LogP contribution is -2.17. The van der Waals surface area contributed by atoms with Crippen LogP contribution in [0, 0.1) is 0 Å². The number of hydrogen-bond donors (Lipinski definition) is 2. The SMILES string of the molecule is COc1ccccc1CCNCc1ccc(O)cn1. The molecule has 0 spiro atoms. The monoisotopic (exact) mass is 258 g/mol. The molecule has 0 aliphatic rings. The van der Waals surface area contributed by atoms with E-state index in [9.17, 15) is 0 Å². The van der Waals surface area contributed by atoms with Gasteiger partial charge in [-0.3, -0.25) is 4.98 Å². The molecule has 0 unspecified atom stereocenters. The van der Waals surface area contributed by atoms with E-state index in [1.807, 2.05) is 24.3 Å². The first kappa shape index (κ1) is 13.4. The molecule has 2 aromatic rings. The Morgan fingerprint density at radius 1 is 1.21 bits per heavy atom. The molecule has 1 aromatic heterocycles. The molecule has 2 N–H and O–H groups in total. The number of rotatable bonds is 6. The van der Waals surface area contributed by atoms with E-state index in [1.54, 1.807) is 13.2 Å². The lowest BCUT2D eigenvalue weighted by molar-refractivity contribution is 0.409. The Kier molecular flexibility index (Phi) is 4.75. The van der Waals surface area contributed by atoms with Crippen molar-refractivity contribution >= 4 is 0 Å². The quantitative estimate of drug-likeness (QED) is 0.779. The predicted molar refractivity (Wildman–Crippen MR) is 74.3 cm³/mol. The molecule has 2 rings (SSSR count). The summed E-state index contributed by atoms with van der Waals surface area (Å²) < 4.78 is 5.31. The van der Waals surface area contributed by atoms with E-state index >= 15 is 0 Å². The predicted octanol–water partition coefficient (Wildman–Crippen LogP) is 2.13. The minimum atomic E-state index is 0.192. The molecule has 0 aliphatic carbocycles. The minimum Gasteiger partial charge on any atom is -0.506 e. The molecule has 0 atom stereocenters. The van der Waals surface area contributed by atoms with Crippen molar-refractivity contribution in [3.8, 4) is 11.5 Å². The van der Waals surface area contributed by atoms with Crippen LogP contribution in [0.2, 0.25) is 0 Å². The normalized spacial score (nSPS) is 10.4. The van der Waals surface area contributed by atoms with Crippen LogP contribution in [0.5, 0.6) is 11.5 Å². The number of aromatic hydroxyl groups is 1. The minimum absolute atomic E-state index is 0.192. The molecule has 4 heteroatoms. The second-order valence-corrected chi connectivity index (χ2v) is 4.25. The standard InChI is InChI=1S/C15H18N2O2/c1-19-15-5-3-2-4-12(15)8-9-16-10-13-6-7-14(18)11-17-13/h2-7,11,16,18H,8-10H2,1H3.